The van der Waals surface area contributed by atoms with Crippen molar-refractivity contribution in [3.05, 3.63) is 17.7 Å². The van der Waals surface area contributed by atoms with E-state index in [-0.39, 0.29) is 0 Å². The average molecular weight is 285 g/mol. The van der Waals surface area contributed by atoms with Crippen molar-refractivity contribution in [2.45, 2.75) is 32.1 Å². The van der Waals surface area contributed by atoms with Crippen LogP contribution in [0.4, 0.5) is 11.6 Å². The van der Waals surface area contributed by atoms with Crippen molar-refractivity contribution < 1.29 is 0 Å². The molecular formula is C16H23N5. The number of aromatic nitrogens is 1. The molecule has 21 heavy (non-hydrogen) atoms. The molecule has 0 bridgehead atoms. The third kappa shape index (κ3) is 2.44. The quantitative estimate of drug-likeness (QED) is 0.865. The minimum absolute atomic E-state index is 0.330. The molecule has 5 heteroatoms. The molecule has 0 radical (unpaired) electrons. The maximum atomic E-state index is 8.92. The number of rotatable bonds is 2. The van der Waals surface area contributed by atoms with Crippen LogP contribution < -0.4 is 16.4 Å². The van der Waals surface area contributed by atoms with Crippen LogP contribution in [0.5, 0.6) is 0 Å². The number of nitrogens with two attached hydrogens (primary N) is 2. The lowest BCUT2D eigenvalue weighted by Gasteiger charge is -2.43. The SMILES string of the molecule is N#Cc1ccc(N2CCC3(CCCC3CN)CC2)nc1N. The molecule has 1 aromatic heterocycles. The first-order valence-corrected chi connectivity index (χ1v) is 7.80. The fourth-order valence-electron chi connectivity index (χ4n) is 4.15. The number of piperidine rings is 1. The predicted molar refractivity (Wildman–Crippen MR) is 83.6 cm³/mol. The van der Waals surface area contributed by atoms with E-state index in [4.69, 9.17) is 16.7 Å². The molecule has 3 rings (SSSR count). The van der Waals surface area contributed by atoms with Gasteiger partial charge in [-0.15, -0.1) is 0 Å². The molecular weight excluding hydrogens is 262 g/mol. The van der Waals surface area contributed by atoms with Gasteiger partial charge in [-0.25, -0.2) is 4.98 Å². The Morgan fingerprint density at radius 3 is 2.71 bits per heavy atom. The Morgan fingerprint density at radius 1 is 1.33 bits per heavy atom. The van der Waals surface area contributed by atoms with E-state index in [0.717, 1.165) is 25.5 Å². The largest absolute Gasteiger partial charge is 0.383 e. The number of anilines is 2. The lowest BCUT2D eigenvalue weighted by atomic mass is 9.70. The van der Waals surface area contributed by atoms with Crippen molar-refractivity contribution in [1.29, 1.82) is 5.26 Å². The van der Waals surface area contributed by atoms with E-state index in [2.05, 4.69) is 16.0 Å². The van der Waals surface area contributed by atoms with Crippen molar-refractivity contribution in [2.24, 2.45) is 17.1 Å². The van der Waals surface area contributed by atoms with Gasteiger partial charge < -0.3 is 16.4 Å². The number of hydrogen-bond donors (Lipinski definition) is 2. The number of pyridine rings is 1. The first-order chi connectivity index (χ1) is 10.2. The van der Waals surface area contributed by atoms with Crippen molar-refractivity contribution in [3.8, 4) is 6.07 Å². The lowest BCUT2D eigenvalue weighted by molar-refractivity contribution is 0.154. The maximum Gasteiger partial charge on any atom is 0.143 e. The highest BCUT2D eigenvalue weighted by Gasteiger charge is 2.43. The summed E-state index contributed by atoms with van der Waals surface area (Å²) < 4.78 is 0. The summed E-state index contributed by atoms with van der Waals surface area (Å²) in [6.45, 7) is 2.84. The molecule has 1 spiro atoms. The second kappa shape index (κ2) is 5.53. The van der Waals surface area contributed by atoms with Crippen molar-refractivity contribution >= 4 is 11.6 Å². The topological polar surface area (TPSA) is 92.0 Å². The first-order valence-electron chi connectivity index (χ1n) is 7.80. The van der Waals surface area contributed by atoms with Gasteiger partial charge in [0.15, 0.2) is 0 Å². The number of nitriles is 1. The average Bonchev–Trinajstić information content (AvgIpc) is 2.90. The van der Waals surface area contributed by atoms with Crippen LogP contribution in [-0.4, -0.2) is 24.6 Å². The summed E-state index contributed by atoms with van der Waals surface area (Å²) >= 11 is 0. The van der Waals surface area contributed by atoms with E-state index < -0.39 is 0 Å². The summed E-state index contributed by atoms with van der Waals surface area (Å²) in [6, 6.07) is 5.73. The van der Waals surface area contributed by atoms with Gasteiger partial charge in [-0.2, -0.15) is 5.26 Å². The van der Waals surface area contributed by atoms with E-state index in [0.29, 0.717) is 22.7 Å². The smallest absolute Gasteiger partial charge is 0.143 e. The van der Waals surface area contributed by atoms with Gasteiger partial charge in [0.2, 0.25) is 0 Å². The number of nitrogens with zero attached hydrogens (tertiary/aromatic N) is 3. The van der Waals surface area contributed by atoms with Gasteiger partial charge in [0.25, 0.3) is 0 Å². The van der Waals surface area contributed by atoms with Crippen LogP contribution in [-0.2, 0) is 0 Å². The zero-order valence-electron chi connectivity index (χ0n) is 12.4. The standard InChI is InChI=1S/C16H23N5/c17-10-12-3-4-14(20-15(12)19)21-8-6-16(7-9-21)5-1-2-13(16)11-18/h3-4,13H,1-2,5-9,11,18H2,(H2,19,20). The summed E-state index contributed by atoms with van der Waals surface area (Å²) in [7, 11) is 0. The Balaban J connectivity index is 1.71. The third-order valence-corrected chi connectivity index (χ3v) is 5.49. The zero-order chi connectivity index (χ0) is 14.9. The summed E-state index contributed by atoms with van der Waals surface area (Å²) in [6.07, 6.45) is 6.32. The van der Waals surface area contributed by atoms with Gasteiger partial charge >= 0.3 is 0 Å². The van der Waals surface area contributed by atoms with Crippen LogP contribution in [0.15, 0.2) is 12.1 Å². The molecule has 2 aliphatic rings. The Bertz CT molecular complexity index is 554. The molecule has 5 nitrogen and oxygen atoms in total. The molecule has 2 heterocycles. The molecule has 112 valence electrons. The minimum atomic E-state index is 0.330. The second-order valence-corrected chi connectivity index (χ2v) is 6.39. The molecule has 1 aromatic rings. The molecule has 1 aliphatic heterocycles. The number of nitrogen functional groups attached to an aromatic ring is 1. The molecule has 0 aromatic carbocycles. The second-order valence-electron chi connectivity index (χ2n) is 6.39. The van der Waals surface area contributed by atoms with Gasteiger partial charge in [-0.05, 0) is 55.7 Å². The van der Waals surface area contributed by atoms with E-state index in [1.54, 1.807) is 6.07 Å². The number of hydrogen-bond acceptors (Lipinski definition) is 5. The minimum Gasteiger partial charge on any atom is -0.383 e. The highest BCUT2D eigenvalue weighted by molar-refractivity contribution is 5.54. The van der Waals surface area contributed by atoms with Crippen molar-refractivity contribution in [3.63, 3.8) is 0 Å². The Labute approximate surface area is 125 Å². The van der Waals surface area contributed by atoms with Gasteiger partial charge in [0, 0.05) is 13.1 Å². The van der Waals surface area contributed by atoms with E-state index >= 15 is 0 Å². The van der Waals surface area contributed by atoms with E-state index in [1.807, 2.05) is 6.07 Å². The van der Waals surface area contributed by atoms with Gasteiger partial charge in [-0.1, -0.05) is 6.42 Å². The normalized spacial score (nSPS) is 24.2. The summed E-state index contributed by atoms with van der Waals surface area (Å²) in [4.78, 5) is 6.66. The molecule has 1 aliphatic carbocycles. The predicted octanol–water partition coefficient (Wildman–Crippen LogP) is 1.88. The molecule has 1 atom stereocenters. The van der Waals surface area contributed by atoms with Crippen LogP contribution in [0.2, 0.25) is 0 Å². The molecule has 1 saturated carbocycles. The van der Waals surface area contributed by atoms with Crippen molar-refractivity contribution in [2.75, 3.05) is 30.3 Å². The fraction of sp³-hybridized carbons (Fsp3) is 0.625. The van der Waals surface area contributed by atoms with Gasteiger partial charge in [0.1, 0.15) is 17.7 Å². The van der Waals surface area contributed by atoms with E-state index in [1.165, 1.54) is 32.1 Å². The Morgan fingerprint density at radius 2 is 2.10 bits per heavy atom. The molecule has 2 fully saturated rings. The molecule has 4 N–H and O–H groups in total. The summed E-state index contributed by atoms with van der Waals surface area (Å²) in [5.41, 5.74) is 12.7. The van der Waals surface area contributed by atoms with Crippen LogP contribution in [0.3, 0.4) is 0 Å². The monoisotopic (exact) mass is 285 g/mol. The fourth-order valence-corrected chi connectivity index (χ4v) is 4.15. The van der Waals surface area contributed by atoms with Crippen LogP contribution in [0, 0.1) is 22.7 Å². The zero-order valence-corrected chi connectivity index (χ0v) is 12.4. The van der Waals surface area contributed by atoms with Gasteiger partial charge in [-0.3, -0.25) is 0 Å². The highest BCUT2D eigenvalue weighted by atomic mass is 15.2. The summed E-state index contributed by atoms with van der Waals surface area (Å²) in [5, 5.41) is 8.92. The van der Waals surface area contributed by atoms with Gasteiger partial charge in [0.05, 0.1) is 5.56 Å². The Kier molecular flexibility index (Phi) is 3.73. The highest BCUT2D eigenvalue weighted by Crippen LogP contribution is 2.50. The van der Waals surface area contributed by atoms with E-state index in [9.17, 15) is 0 Å². The molecule has 0 amide bonds. The molecule has 1 unspecified atom stereocenters. The van der Waals surface area contributed by atoms with Crippen molar-refractivity contribution in [1.82, 2.24) is 4.98 Å². The third-order valence-electron chi connectivity index (χ3n) is 5.49. The first kappa shape index (κ1) is 14.2. The van der Waals surface area contributed by atoms with Crippen LogP contribution in [0.25, 0.3) is 0 Å². The van der Waals surface area contributed by atoms with Crippen LogP contribution >= 0.6 is 0 Å². The summed E-state index contributed by atoms with van der Waals surface area (Å²) in [5.74, 6) is 1.92. The van der Waals surface area contributed by atoms with Crippen LogP contribution in [0.1, 0.15) is 37.7 Å². The maximum absolute atomic E-state index is 8.92. The molecule has 1 saturated heterocycles. The Hall–Kier alpha value is -1.80. The lowest BCUT2D eigenvalue weighted by Crippen LogP contribution is -2.44.